The molecule has 0 radical (unpaired) electrons. The molecule has 1 N–H and O–H groups in total. The molecule has 1 fully saturated rings. The van der Waals surface area contributed by atoms with E-state index in [9.17, 15) is 0 Å². The average Bonchev–Trinajstić information content (AvgIpc) is 2.80. The van der Waals surface area contributed by atoms with Crippen molar-refractivity contribution in [3.63, 3.8) is 0 Å². The fourth-order valence-electron chi connectivity index (χ4n) is 2.52. The SMILES string of the molecule is c1cc(CC2CCCNC2)c2sncc2c1. The van der Waals surface area contributed by atoms with Gasteiger partial charge < -0.3 is 5.32 Å². The fourth-order valence-corrected chi connectivity index (χ4v) is 3.29. The summed E-state index contributed by atoms with van der Waals surface area (Å²) in [4.78, 5) is 0. The second-order valence-corrected chi connectivity index (χ2v) is 5.38. The number of fused-ring (bicyclic) bond motifs is 1. The van der Waals surface area contributed by atoms with Gasteiger partial charge in [-0.1, -0.05) is 18.2 Å². The Morgan fingerprint density at radius 2 is 2.44 bits per heavy atom. The highest BCUT2D eigenvalue weighted by Gasteiger charge is 2.15. The van der Waals surface area contributed by atoms with Crippen molar-refractivity contribution in [2.45, 2.75) is 19.3 Å². The first-order valence-electron chi connectivity index (χ1n) is 5.96. The Morgan fingerprint density at radius 3 is 3.31 bits per heavy atom. The number of nitrogens with zero attached hydrogens (tertiary/aromatic N) is 1. The standard InChI is InChI=1S/C13H16N2S/c1-4-11(7-10-3-2-6-14-8-10)13-12(5-1)9-15-16-13/h1,4-5,9-10,14H,2-3,6-8H2. The van der Waals surface area contributed by atoms with Crippen LogP contribution in [-0.4, -0.2) is 17.5 Å². The topological polar surface area (TPSA) is 24.9 Å². The van der Waals surface area contributed by atoms with Gasteiger partial charge in [-0.25, -0.2) is 0 Å². The van der Waals surface area contributed by atoms with Crippen LogP contribution in [0.25, 0.3) is 10.1 Å². The molecule has 1 aromatic carbocycles. The summed E-state index contributed by atoms with van der Waals surface area (Å²) in [6.45, 7) is 2.37. The monoisotopic (exact) mass is 232 g/mol. The third-order valence-electron chi connectivity index (χ3n) is 3.37. The molecule has 0 bridgehead atoms. The maximum atomic E-state index is 4.28. The number of nitrogens with one attached hydrogen (secondary N) is 1. The third-order valence-corrected chi connectivity index (χ3v) is 4.26. The van der Waals surface area contributed by atoms with E-state index < -0.39 is 0 Å². The zero-order chi connectivity index (χ0) is 10.8. The van der Waals surface area contributed by atoms with E-state index in [4.69, 9.17) is 0 Å². The molecule has 0 spiro atoms. The second-order valence-electron chi connectivity index (χ2n) is 4.58. The molecule has 3 rings (SSSR count). The molecule has 84 valence electrons. The van der Waals surface area contributed by atoms with Crippen LogP contribution in [0.5, 0.6) is 0 Å². The Kier molecular flexibility index (Phi) is 2.89. The minimum atomic E-state index is 0.807. The molecule has 1 aliphatic rings. The summed E-state index contributed by atoms with van der Waals surface area (Å²) in [5.41, 5.74) is 1.48. The van der Waals surface area contributed by atoms with E-state index in [-0.39, 0.29) is 0 Å². The predicted molar refractivity (Wildman–Crippen MR) is 68.9 cm³/mol. The van der Waals surface area contributed by atoms with Crippen molar-refractivity contribution < 1.29 is 0 Å². The van der Waals surface area contributed by atoms with Gasteiger partial charge in [0, 0.05) is 11.6 Å². The highest BCUT2D eigenvalue weighted by molar-refractivity contribution is 7.13. The molecule has 2 aromatic rings. The maximum absolute atomic E-state index is 4.28. The van der Waals surface area contributed by atoms with Crippen LogP contribution in [0.15, 0.2) is 24.4 Å². The zero-order valence-corrected chi connectivity index (χ0v) is 10.1. The lowest BCUT2D eigenvalue weighted by Gasteiger charge is -2.22. The van der Waals surface area contributed by atoms with E-state index in [1.165, 1.54) is 48.0 Å². The molecule has 0 amide bonds. The molecule has 0 saturated carbocycles. The van der Waals surface area contributed by atoms with E-state index in [1.807, 2.05) is 6.20 Å². The Morgan fingerprint density at radius 1 is 1.44 bits per heavy atom. The van der Waals surface area contributed by atoms with Gasteiger partial charge in [0.25, 0.3) is 0 Å². The first kappa shape index (κ1) is 10.2. The number of aromatic nitrogens is 1. The highest BCUT2D eigenvalue weighted by Crippen LogP contribution is 2.26. The van der Waals surface area contributed by atoms with Gasteiger partial charge in [-0.15, -0.1) is 0 Å². The fraction of sp³-hybridized carbons (Fsp3) is 0.462. The van der Waals surface area contributed by atoms with Gasteiger partial charge in [0.15, 0.2) is 0 Å². The Hall–Kier alpha value is -0.930. The summed E-state index contributed by atoms with van der Waals surface area (Å²) >= 11 is 1.63. The summed E-state index contributed by atoms with van der Waals surface area (Å²) in [6, 6.07) is 6.57. The van der Waals surface area contributed by atoms with Crippen LogP contribution < -0.4 is 5.32 Å². The predicted octanol–water partition coefficient (Wildman–Crippen LogP) is 2.84. The first-order valence-corrected chi connectivity index (χ1v) is 6.74. The van der Waals surface area contributed by atoms with E-state index in [0.717, 1.165) is 5.92 Å². The number of rotatable bonds is 2. The van der Waals surface area contributed by atoms with E-state index in [0.29, 0.717) is 0 Å². The van der Waals surface area contributed by atoms with Crippen LogP contribution in [0.4, 0.5) is 0 Å². The van der Waals surface area contributed by atoms with E-state index >= 15 is 0 Å². The van der Waals surface area contributed by atoms with Gasteiger partial charge in [0.2, 0.25) is 0 Å². The summed E-state index contributed by atoms with van der Waals surface area (Å²) in [7, 11) is 0. The van der Waals surface area contributed by atoms with E-state index in [2.05, 4.69) is 27.9 Å². The van der Waals surface area contributed by atoms with Crippen LogP contribution in [0.1, 0.15) is 18.4 Å². The van der Waals surface area contributed by atoms with Crippen LogP contribution in [0.3, 0.4) is 0 Å². The third kappa shape index (κ3) is 1.97. The molecule has 2 nitrogen and oxygen atoms in total. The van der Waals surface area contributed by atoms with Crippen molar-refractivity contribution in [2.75, 3.05) is 13.1 Å². The normalized spacial score (nSPS) is 21.4. The number of benzene rings is 1. The smallest absolute Gasteiger partial charge is 0.0582 e. The quantitative estimate of drug-likeness (QED) is 0.861. The minimum absolute atomic E-state index is 0.807. The van der Waals surface area contributed by atoms with Gasteiger partial charge in [0.05, 0.1) is 4.70 Å². The van der Waals surface area contributed by atoms with Crippen LogP contribution in [-0.2, 0) is 6.42 Å². The van der Waals surface area contributed by atoms with Gasteiger partial charge in [-0.3, -0.25) is 0 Å². The lowest BCUT2D eigenvalue weighted by molar-refractivity contribution is 0.377. The van der Waals surface area contributed by atoms with Crippen molar-refractivity contribution in [1.82, 2.24) is 9.69 Å². The summed E-state index contributed by atoms with van der Waals surface area (Å²) in [5, 5.41) is 4.78. The molecular formula is C13H16N2S. The summed E-state index contributed by atoms with van der Waals surface area (Å²) in [5.74, 6) is 0.807. The summed E-state index contributed by atoms with van der Waals surface area (Å²) in [6.07, 6.45) is 5.86. The van der Waals surface area contributed by atoms with Gasteiger partial charge in [0.1, 0.15) is 0 Å². The molecule has 1 atom stereocenters. The average molecular weight is 232 g/mol. The molecule has 1 saturated heterocycles. The molecule has 3 heteroatoms. The van der Waals surface area contributed by atoms with Crippen molar-refractivity contribution >= 4 is 21.6 Å². The molecule has 1 aliphatic heterocycles. The Labute approximate surface area is 99.8 Å². The lowest BCUT2D eigenvalue weighted by Crippen LogP contribution is -2.30. The van der Waals surface area contributed by atoms with Crippen LogP contribution in [0.2, 0.25) is 0 Å². The first-order chi connectivity index (χ1) is 7.93. The lowest BCUT2D eigenvalue weighted by atomic mass is 9.92. The maximum Gasteiger partial charge on any atom is 0.0582 e. The minimum Gasteiger partial charge on any atom is -0.316 e. The Balaban J connectivity index is 1.85. The number of hydrogen-bond donors (Lipinski definition) is 1. The largest absolute Gasteiger partial charge is 0.316 e. The van der Waals surface area contributed by atoms with Crippen molar-refractivity contribution in [3.05, 3.63) is 30.0 Å². The van der Waals surface area contributed by atoms with E-state index in [1.54, 1.807) is 11.5 Å². The van der Waals surface area contributed by atoms with Crippen molar-refractivity contribution in [1.29, 1.82) is 0 Å². The van der Waals surface area contributed by atoms with Crippen molar-refractivity contribution in [2.24, 2.45) is 5.92 Å². The molecule has 1 unspecified atom stereocenters. The van der Waals surface area contributed by atoms with Crippen LogP contribution in [0, 0.1) is 5.92 Å². The molecule has 16 heavy (non-hydrogen) atoms. The molecule has 2 heterocycles. The molecular weight excluding hydrogens is 216 g/mol. The zero-order valence-electron chi connectivity index (χ0n) is 9.28. The number of piperidine rings is 1. The van der Waals surface area contributed by atoms with Gasteiger partial charge in [-0.2, -0.15) is 4.37 Å². The van der Waals surface area contributed by atoms with Crippen LogP contribution >= 0.6 is 11.5 Å². The molecule has 1 aromatic heterocycles. The van der Waals surface area contributed by atoms with Crippen molar-refractivity contribution in [3.8, 4) is 0 Å². The highest BCUT2D eigenvalue weighted by atomic mass is 32.1. The second kappa shape index (κ2) is 4.52. The molecule has 0 aliphatic carbocycles. The van der Waals surface area contributed by atoms with Gasteiger partial charge >= 0.3 is 0 Å². The Bertz CT molecular complexity index is 471. The number of hydrogen-bond acceptors (Lipinski definition) is 3. The van der Waals surface area contributed by atoms with Gasteiger partial charge in [-0.05, 0) is 55.4 Å². The summed E-state index contributed by atoms with van der Waals surface area (Å²) < 4.78 is 5.66.